The van der Waals surface area contributed by atoms with Crippen molar-refractivity contribution in [2.24, 2.45) is 5.92 Å². The van der Waals surface area contributed by atoms with E-state index in [4.69, 9.17) is 10.8 Å². The molecule has 34 heavy (non-hydrogen) atoms. The number of fused-ring (bicyclic) bond motifs is 1. The Morgan fingerprint density at radius 2 is 1.68 bits per heavy atom. The summed E-state index contributed by atoms with van der Waals surface area (Å²) in [6, 6.07) is 13.7. The number of nitrogens with zero attached hydrogens (tertiary/aromatic N) is 5. The molecule has 3 heterocycles. The Bertz CT molecular complexity index is 1120. The summed E-state index contributed by atoms with van der Waals surface area (Å²) in [4.78, 5) is 17.5. The van der Waals surface area contributed by atoms with Crippen LogP contribution in [-0.2, 0) is 11.3 Å². The van der Waals surface area contributed by atoms with E-state index in [2.05, 4.69) is 15.0 Å². The van der Waals surface area contributed by atoms with Crippen molar-refractivity contribution in [1.82, 2.24) is 24.4 Å². The minimum absolute atomic E-state index is 0.0185. The molecule has 2 aliphatic rings. The van der Waals surface area contributed by atoms with E-state index in [9.17, 15) is 18.0 Å². The van der Waals surface area contributed by atoms with Gasteiger partial charge in [0.15, 0.2) is 0 Å². The molecule has 1 saturated heterocycles. The summed E-state index contributed by atoms with van der Waals surface area (Å²) in [5, 5.41) is 12.2. The smallest absolute Gasteiger partial charge is 0.401 e. The van der Waals surface area contributed by atoms with Crippen LogP contribution in [0.15, 0.2) is 42.5 Å². The maximum atomic E-state index is 12.5. The van der Waals surface area contributed by atoms with Gasteiger partial charge in [-0.05, 0) is 36.1 Å². The van der Waals surface area contributed by atoms with E-state index in [0.29, 0.717) is 38.4 Å². The zero-order valence-electron chi connectivity index (χ0n) is 18.5. The standard InChI is InChI=1S/C19H20F3N6.C4H6O2/c20-19(21,22)13-27-10-8-26(9-11-27)12-14-4-6-15(7-5-14)16-2-1-3-17-24-18(23)25-28(16)17;5-4(6)3-1-2-3/h1-7H,8-13H2,(H-,23,25);3H,1-2H2,(H,5,6)/q-1;. The Labute approximate surface area is 194 Å². The van der Waals surface area contributed by atoms with Crippen LogP contribution in [0.2, 0.25) is 0 Å². The Hall–Kier alpha value is -3.18. The Kier molecular flexibility index (Phi) is 7.03. The lowest BCUT2D eigenvalue weighted by molar-refractivity contribution is -0.149. The molecule has 1 aliphatic heterocycles. The normalized spacial score (nSPS) is 17.4. The molecule has 1 saturated carbocycles. The minimum atomic E-state index is -4.13. The molecule has 0 bridgehead atoms. The third-order valence-corrected chi connectivity index (χ3v) is 5.81. The molecule has 0 unspecified atom stereocenters. The van der Waals surface area contributed by atoms with Gasteiger partial charge in [-0.15, -0.1) is 0 Å². The number of halogens is 3. The molecule has 0 amide bonds. The summed E-state index contributed by atoms with van der Waals surface area (Å²) in [5.41, 5.74) is 11.2. The summed E-state index contributed by atoms with van der Waals surface area (Å²) in [6.45, 7) is 2.00. The van der Waals surface area contributed by atoms with Gasteiger partial charge in [0.2, 0.25) is 0 Å². The molecule has 2 N–H and O–H groups in total. The van der Waals surface area contributed by atoms with Gasteiger partial charge in [-0.3, -0.25) is 24.2 Å². The molecule has 8 nitrogen and oxygen atoms in total. The second-order valence-electron chi connectivity index (χ2n) is 8.59. The maximum Gasteiger partial charge on any atom is 0.401 e. The summed E-state index contributed by atoms with van der Waals surface area (Å²) in [6.07, 6.45) is -2.34. The van der Waals surface area contributed by atoms with Crippen molar-refractivity contribution in [1.29, 1.82) is 0 Å². The number of carbonyl (C=O) groups is 1. The first-order valence-corrected chi connectivity index (χ1v) is 11.1. The first-order valence-electron chi connectivity index (χ1n) is 11.1. The predicted octanol–water partition coefficient (Wildman–Crippen LogP) is 4.24. The minimum Gasteiger partial charge on any atom is -0.481 e. The average Bonchev–Trinajstić information content (AvgIpc) is 3.56. The molecular weight excluding hydrogens is 449 g/mol. The van der Waals surface area contributed by atoms with Crippen LogP contribution in [0.25, 0.3) is 22.6 Å². The largest absolute Gasteiger partial charge is 0.481 e. The maximum absolute atomic E-state index is 12.5. The van der Waals surface area contributed by atoms with Crippen molar-refractivity contribution in [2.45, 2.75) is 25.6 Å². The van der Waals surface area contributed by atoms with Crippen LogP contribution >= 0.6 is 0 Å². The van der Waals surface area contributed by atoms with E-state index in [1.807, 2.05) is 36.4 Å². The third-order valence-electron chi connectivity index (χ3n) is 5.81. The molecule has 2 fully saturated rings. The number of carboxylic acids is 1. The number of aromatic nitrogens is 3. The summed E-state index contributed by atoms with van der Waals surface area (Å²) < 4.78 is 39.1. The first-order chi connectivity index (χ1) is 16.2. The van der Waals surface area contributed by atoms with E-state index in [1.54, 1.807) is 10.6 Å². The fourth-order valence-electron chi connectivity index (χ4n) is 3.85. The van der Waals surface area contributed by atoms with Gasteiger partial charge in [-0.1, -0.05) is 30.3 Å². The van der Waals surface area contributed by atoms with Crippen LogP contribution in [-0.4, -0.2) is 74.4 Å². The lowest BCUT2D eigenvalue weighted by Crippen LogP contribution is -2.48. The summed E-state index contributed by atoms with van der Waals surface area (Å²) in [5.74, 6) is -0.631. The first kappa shape index (κ1) is 24.0. The molecule has 0 spiro atoms. The second kappa shape index (κ2) is 9.98. The number of hydrogen-bond donors (Lipinski definition) is 1. The molecule has 2 aromatic heterocycles. The third kappa shape index (κ3) is 6.45. The van der Waals surface area contributed by atoms with Crippen LogP contribution in [0.4, 0.5) is 19.1 Å². The van der Waals surface area contributed by atoms with Gasteiger partial charge in [-0.2, -0.15) is 13.2 Å². The van der Waals surface area contributed by atoms with Crippen LogP contribution < -0.4 is 0 Å². The molecule has 11 heteroatoms. The highest BCUT2D eigenvalue weighted by Crippen LogP contribution is 2.28. The molecule has 182 valence electrons. The number of alkyl halides is 3. The monoisotopic (exact) mass is 475 g/mol. The predicted molar refractivity (Wildman–Crippen MR) is 121 cm³/mol. The van der Waals surface area contributed by atoms with Gasteiger partial charge in [0, 0.05) is 38.7 Å². The number of pyridine rings is 1. The van der Waals surface area contributed by atoms with Crippen LogP contribution in [0.3, 0.4) is 0 Å². The molecule has 5 rings (SSSR count). The number of hydrogen-bond acceptors (Lipinski definition) is 5. The number of nitrogens with one attached hydrogen (secondary N) is 1. The molecule has 1 aromatic carbocycles. The number of benzene rings is 1. The van der Waals surface area contributed by atoms with E-state index < -0.39 is 18.7 Å². The number of rotatable bonds is 5. The van der Waals surface area contributed by atoms with Crippen molar-refractivity contribution in [2.75, 3.05) is 32.7 Å². The van der Waals surface area contributed by atoms with Gasteiger partial charge < -0.3 is 15.8 Å². The van der Waals surface area contributed by atoms with Crippen LogP contribution in [0, 0.1) is 5.92 Å². The molecule has 0 atom stereocenters. The highest BCUT2D eigenvalue weighted by molar-refractivity contribution is 5.72. The van der Waals surface area contributed by atoms with Crippen molar-refractivity contribution in [3.05, 3.63) is 53.8 Å². The van der Waals surface area contributed by atoms with E-state index in [-0.39, 0.29) is 11.9 Å². The van der Waals surface area contributed by atoms with Crippen molar-refractivity contribution in [3.8, 4) is 11.3 Å². The number of carboxylic acid groups (broad SMARTS) is 1. The number of aliphatic carboxylic acids is 1. The second-order valence-corrected chi connectivity index (χ2v) is 8.59. The van der Waals surface area contributed by atoms with Crippen molar-refractivity contribution < 1.29 is 23.1 Å². The Morgan fingerprint density at radius 1 is 1.03 bits per heavy atom. The fourth-order valence-corrected chi connectivity index (χ4v) is 3.85. The lowest BCUT2D eigenvalue weighted by Gasteiger charge is -2.35. The number of piperazine rings is 1. The van der Waals surface area contributed by atoms with Crippen LogP contribution in [0.5, 0.6) is 0 Å². The van der Waals surface area contributed by atoms with Gasteiger partial charge in [0.05, 0.1) is 23.8 Å². The summed E-state index contributed by atoms with van der Waals surface area (Å²) >= 11 is 0. The molecular formula is C23H26F3N6O2-. The van der Waals surface area contributed by atoms with Gasteiger partial charge in [-0.25, -0.2) is 0 Å². The van der Waals surface area contributed by atoms with Crippen molar-refractivity contribution >= 4 is 17.6 Å². The topological polar surface area (TPSA) is 97.8 Å². The average molecular weight is 475 g/mol. The zero-order chi connectivity index (χ0) is 24.3. The van der Waals surface area contributed by atoms with Crippen molar-refractivity contribution in [3.63, 3.8) is 0 Å². The van der Waals surface area contributed by atoms with E-state index in [1.165, 1.54) is 4.90 Å². The highest BCUT2D eigenvalue weighted by Gasteiger charge is 2.32. The SMILES string of the molecule is O=C(O)C1CC1.[NH-]c1nc2cccc(-c3ccc(CN4CCN(CC(F)(F)F)CC4)cc3)n2n1. The van der Waals surface area contributed by atoms with Crippen LogP contribution in [0.1, 0.15) is 18.4 Å². The van der Waals surface area contributed by atoms with Gasteiger partial charge >= 0.3 is 12.1 Å². The van der Waals surface area contributed by atoms with Gasteiger partial charge in [0.1, 0.15) is 0 Å². The Morgan fingerprint density at radius 3 is 2.24 bits per heavy atom. The van der Waals surface area contributed by atoms with E-state index >= 15 is 0 Å². The lowest BCUT2D eigenvalue weighted by atomic mass is 10.1. The Balaban J connectivity index is 0.000000398. The molecule has 0 radical (unpaired) electrons. The summed E-state index contributed by atoms with van der Waals surface area (Å²) in [7, 11) is 0. The zero-order valence-corrected chi connectivity index (χ0v) is 18.5. The molecule has 1 aliphatic carbocycles. The fraction of sp³-hybridized carbons (Fsp3) is 0.435. The molecule has 3 aromatic rings. The van der Waals surface area contributed by atoms with E-state index in [0.717, 1.165) is 29.7 Å². The highest BCUT2D eigenvalue weighted by atomic mass is 19.4. The quantitative estimate of drug-likeness (QED) is 0.593. The van der Waals surface area contributed by atoms with Gasteiger partial charge in [0.25, 0.3) is 0 Å².